The molecule has 3 aliphatic heterocycles. The molecule has 0 aliphatic carbocycles. The fourth-order valence-electron chi connectivity index (χ4n) is 4.88. The largest absolute Gasteiger partial charge is 0.366 e. The van der Waals surface area contributed by atoms with E-state index in [1.54, 1.807) is 24.3 Å². The number of halogens is 1. The van der Waals surface area contributed by atoms with Gasteiger partial charge in [0.1, 0.15) is 12.0 Å². The summed E-state index contributed by atoms with van der Waals surface area (Å²) in [6, 6.07) is 12.1. The highest BCUT2D eigenvalue weighted by molar-refractivity contribution is 6.04. The Hall–Kier alpha value is -3.09. The first kappa shape index (κ1) is 18.9. The third-order valence-corrected chi connectivity index (χ3v) is 6.54. The second-order valence-corrected chi connectivity index (χ2v) is 8.19. The Morgan fingerprint density at radius 2 is 1.77 bits per heavy atom. The van der Waals surface area contributed by atoms with Crippen molar-refractivity contribution in [1.82, 2.24) is 9.80 Å². The van der Waals surface area contributed by atoms with Gasteiger partial charge < -0.3 is 19.6 Å². The highest BCUT2D eigenvalue weighted by Crippen LogP contribution is 2.35. The molecule has 2 saturated heterocycles. The smallest absolute Gasteiger partial charge is 0.257 e. The molecule has 0 radical (unpaired) electrons. The lowest BCUT2D eigenvalue weighted by Crippen LogP contribution is -2.50. The van der Waals surface area contributed by atoms with Crippen molar-refractivity contribution in [3.05, 3.63) is 59.4 Å². The van der Waals surface area contributed by atoms with E-state index < -0.39 is 0 Å². The van der Waals surface area contributed by atoms with Gasteiger partial charge in [0.2, 0.25) is 0 Å². The third-order valence-electron chi connectivity index (χ3n) is 6.54. The number of rotatable bonds is 2. The zero-order valence-corrected chi connectivity index (χ0v) is 17.1. The molecule has 2 aromatic rings. The number of hydrogen-bond acceptors (Lipinski definition) is 4. The summed E-state index contributed by atoms with van der Waals surface area (Å²) >= 11 is 0. The van der Waals surface area contributed by atoms with Gasteiger partial charge in [-0.3, -0.25) is 9.59 Å². The van der Waals surface area contributed by atoms with E-state index in [4.69, 9.17) is 0 Å². The fraction of sp³-hybridized carbons (Fsp3) is 0.391. The van der Waals surface area contributed by atoms with Crippen LogP contribution in [0.3, 0.4) is 0 Å². The average molecular weight is 408 g/mol. The molecule has 3 aliphatic rings. The summed E-state index contributed by atoms with van der Waals surface area (Å²) < 4.78 is 14.1. The average Bonchev–Trinajstić information content (AvgIpc) is 3.28. The van der Waals surface area contributed by atoms with E-state index in [1.165, 1.54) is 6.07 Å². The van der Waals surface area contributed by atoms with Crippen LogP contribution >= 0.6 is 0 Å². The van der Waals surface area contributed by atoms with Crippen molar-refractivity contribution >= 4 is 23.2 Å². The van der Waals surface area contributed by atoms with E-state index in [-0.39, 0.29) is 23.8 Å². The highest BCUT2D eigenvalue weighted by Gasteiger charge is 2.39. The summed E-state index contributed by atoms with van der Waals surface area (Å²) in [5.41, 5.74) is 2.68. The molecule has 30 heavy (non-hydrogen) atoms. The maximum atomic E-state index is 14.1. The SMILES string of the molecule is CN1c2cc(C(=O)N3CCN(c4ccccc4F)CC3)ccc2C(=O)N2CCC[C@@H]21. The molecular formula is C23H25FN4O2. The predicted molar refractivity (Wildman–Crippen MR) is 113 cm³/mol. The van der Waals surface area contributed by atoms with Gasteiger partial charge in [0.25, 0.3) is 11.8 Å². The van der Waals surface area contributed by atoms with Crippen LogP contribution in [0.25, 0.3) is 0 Å². The lowest BCUT2D eigenvalue weighted by atomic mass is 10.0. The molecule has 156 valence electrons. The van der Waals surface area contributed by atoms with E-state index in [9.17, 15) is 14.0 Å². The van der Waals surface area contributed by atoms with Crippen molar-refractivity contribution in [2.75, 3.05) is 49.6 Å². The first-order valence-corrected chi connectivity index (χ1v) is 10.5. The number of carbonyl (C=O) groups excluding carboxylic acids is 2. The molecule has 0 unspecified atom stereocenters. The Morgan fingerprint density at radius 3 is 2.53 bits per heavy atom. The lowest BCUT2D eigenvalue weighted by Gasteiger charge is -2.40. The van der Waals surface area contributed by atoms with Crippen LogP contribution in [0, 0.1) is 5.82 Å². The quantitative estimate of drug-likeness (QED) is 0.767. The maximum Gasteiger partial charge on any atom is 0.257 e. The van der Waals surface area contributed by atoms with Crippen LogP contribution < -0.4 is 9.80 Å². The van der Waals surface area contributed by atoms with Crippen LogP contribution in [0.4, 0.5) is 15.8 Å². The maximum absolute atomic E-state index is 14.1. The topological polar surface area (TPSA) is 47.1 Å². The Labute approximate surface area is 175 Å². The number of benzene rings is 2. The van der Waals surface area contributed by atoms with Gasteiger partial charge in [-0.15, -0.1) is 0 Å². The Balaban J connectivity index is 1.33. The highest BCUT2D eigenvalue weighted by atomic mass is 19.1. The minimum absolute atomic E-state index is 0.0410. The van der Waals surface area contributed by atoms with Gasteiger partial charge in [-0.1, -0.05) is 12.1 Å². The van der Waals surface area contributed by atoms with Crippen LogP contribution in [-0.4, -0.2) is 67.6 Å². The first-order valence-electron chi connectivity index (χ1n) is 10.5. The van der Waals surface area contributed by atoms with Gasteiger partial charge in [-0.2, -0.15) is 0 Å². The summed E-state index contributed by atoms with van der Waals surface area (Å²) in [4.78, 5) is 33.8. The van der Waals surface area contributed by atoms with Gasteiger partial charge in [0.15, 0.2) is 0 Å². The molecule has 0 N–H and O–H groups in total. The summed E-state index contributed by atoms with van der Waals surface area (Å²) in [5.74, 6) is -0.218. The predicted octanol–water partition coefficient (Wildman–Crippen LogP) is 2.80. The van der Waals surface area contributed by atoms with Crippen molar-refractivity contribution < 1.29 is 14.0 Å². The summed E-state index contributed by atoms with van der Waals surface area (Å²) in [5, 5.41) is 0. The molecule has 6 nitrogen and oxygen atoms in total. The Bertz CT molecular complexity index is 1000. The second kappa shape index (κ2) is 7.31. The van der Waals surface area contributed by atoms with Crippen molar-refractivity contribution in [2.45, 2.75) is 19.0 Å². The lowest BCUT2D eigenvalue weighted by molar-refractivity contribution is 0.0713. The summed E-state index contributed by atoms with van der Waals surface area (Å²) in [7, 11) is 2.00. The summed E-state index contributed by atoms with van der Waals surface area (Å²) in [6.07, 6.45) is 2.05. The van der Waals surface area contributed by atoms with Gasteiger partial charge in [-0.05, 0) is 43.2 Å². The van der Waals surface area contributed by atoms with Crippen LogP contribution in [0.1, 0.15) is 33.6 Å². The molecule has 2 aromatic carbocycles. The zero-order valence-electron chi connectivity index (χ0n) is 17.1. The van der Waals surface area contributed by atoms with Crippen LogP contribution in [0.2, 0.25) is 0 Å². The van der Waals surface area contributed by atoms with E-state index >= 15 is 0 Å². The first-order chi connectivity index (χ1) is 14.5. The van der Waals surface area contributed by atoms with E-state index in [1.807, 2.05) is 33.9 Å². The van der Waals surface area contributed by atoms with Crippen LogP contribution in [-0.2, 0) is 0 Å². The minimum Gasteiger partial charge on any atom is -0.366 e. The standard InChI is InChI=1S/C23H25FN4O2/c1-25-20-15-16(8-9-17(20)23(30)28-10-4-7-21(25)28)22(29)27-13-11-26(12-14-27)19-6-3-2-5-18(19)24/h2-3,5-6,8-9,15,21H,4,7,10-14H2,1H3/t21-/m1/s1. The van der Waals surface area contributed by atoms with Gasteiger partial charge >= 0.3 is 0 Å². The monoisotopic (exact) mass is 408 g/mol. The number of carbonyl (C=O) groups is 2. The molecule has 1 atom stereocenters. The number of amides is 2. The van der Waals surface area contributed by atoms with Gasteiger partial charge in [0.05, 0.1) is 16.9 Å². The zero-order chi connectivity index (χ0) is 20.8. The third kappa shape index (κ3) is 3.00. The van der Waals surface area contributed by atoms with Crippen molar-refractivity contribution in [1.29, 1.82) is 0 Å². The van der Waals surface area contributed by atoms with Crippen molar-refractivity contribution in [2.24, 2.45) is 0 Å². The molecular weight excluding hydrogens is 383 g/mol. The van der Waals surface area contributed by atoms with E-state index in [0.717, 1.165) is 25.1 Å². The molecule has 2 fully saturated rings. The molecule has 5 rings (SSSR count). The fourth-order valence-corrected chi connectivity index (χ4v) is 4.88. The number of hydrogen-bond donors (Lipinski definition) is 0. The number of nitrogens with zero attached hydrogens (tertiary/aromatic N) is 4. The molecule has 7 heteroatoms. The molecule has 0 spiro atoms. The number of piperazine rings is 1. The van der Waals surface area contributed by atoms with Crippen molar-refractivity contribution in [3.8, 4) is 0 Å². The molecule has 0 aromatic heterocycles. The van der Waals surface area contributed by atoms with Crippen LogP contribution in [0.5, 0.6) is 0 Å². The number of anilines is 2. The van der Waals surface area contributed by atoms with Crippen LogP contribution in [0.15, 0.2) is 42.5 Å². The molecule has 0 saturated carbocycles. The minimum atomic E-state index is -0.236. The molecule has 3 heterocycles. The normalized spacial score (nSPS) is 21.0. The number of fused-ring (bicyclic) bond motifs is 2. The van der Waals surface area contributed by atoms with Gasteiger partial charge in [-0.25, -0.2) is 4.39 Å². The molecule has 0 bridgehead atoms. The van der Waals surface area contributed by atoms with Gasteiger partial charge in [0, 0.05) is 45.3 Å². The Kier molecular flexibility index (Phi) is 4.60. The second-order valence-electron chi connectivity index (χ2n) is 8.19. The molecule has 2 amide bonds. The Morgan fingerprint density at radius 1 is 1.00 bits per heavy atom. The number of para-hydroxylation sites is 1. The summed E-state index contributed by atoms with van der Waals surface area (Å²) in [6.45, 7) is 3.05. The van der Waals surface area contributed by atoms with Crippen molar-refractivity contribution in [3.63, 3.8) is 0 Å². The van der Waals surface area contributed by atoms with E-state index in [0.29, 0.717) is 43.0 Å². The van der Waals surface area contributed by atoms with E-state index in [2.05, 4.69) is 4.90 Å².